The van der Waals surface area contributed by atoms with Gasteiger partial charge in [0.15, 0.2) is 0 Å². The van der Waals surface area contributed by atoms with Crippen molar-refractivity contribution in [1.82, 2.24) is 4.90 Å². The number of piperidine rings is 1. The van der Waals surface area contributed by atoms with Crippen LogP contribution in [-0.2, 0) is 0 Å². The highest BCUT2D eigenvalue weighted by Crippen LogP contribution is 2.20. The van der Waals surface area contributed by atoms with Crippen molar-refractivity contribution in [3.05, 3.63) is 34.1 Å². The first-order valence-electron chi connectivity index (χ1n) is 5.98. The zero-order valence-corrected chi connectivity index (χ0v) is 12.0. The van der Waals surface area contributed by atoms with Gasteiger partial charge in [-0.2, -0.15) is 0 Å². The summed E-state index contributed by atoms with van der Waals surface area (Å²) in [5.41, 5.74) is 0.750. The van der Waals surface area contributed by atoms with Crippen LogP contribution in [0.25, 0.3) is 0 Å². The Morgan fingerprint density at radius 3 is 2.89 bits per heavy atom. The minimum atomic E-state index is -0.534. The fourth-order valence-electron chi connectivity index (χ4n) is 2.19. The lowest BCUT2D eigenvalue weighted by Gasteiger charge is -2.31. The van der Waals surface area contributed by atoms with Crippen molar-refractivity contribution in [2.45, 2.75) is 13.3 Å². The number of oxime groups is 1. The molecule has 4 nitrogen and oxygen atoms in total. The third-order valence-corrected chi connectivity index (χ3v) is 3.77. The van der Waals surface area contributed by atoms with Crippen molar-refractivity contribution in [2.24, 2.45) is 11.1 Å². The molecule has 1 saturated heterocycles. The Balaban J connectivity index is 2.17. The van der Waals surface area contributed by atoms with E-state index < -0.39 is 5.82 Å². The third kappa shape index (κ3) is 2.94. The molecule has 1 aromatic rings. The molecule has 0 saturated carbocycles. The number of nitrogens with zero attached hydrogens (tertiary/aromatic N) is 2. The molecule has 1 fully saturated rings. The van der Waals surface area contributed by atoms with E-state index in [1.165, 1.54) is 12.1 Å². The maximum atomic E-state index is 13.8. The molecule has 0 aromatic heterocycles. The smallest absolute Gasteiger partial charge is 0.256 e. The number of carbonyl (C=O) groups is 1. The van der Waals surface area contributed by atoms with Crippen LogP contribution in [0.4, 0.5) is 4.39 Å². The van der Waals surface area contributed by atoms with Gasteiger partial charge >= 0.3 is 0 Å². The van der Waals surface area contributed by atoms with Gasteiger partial charge in [-0.3, -0.25) is 4.79 Å². The largest absolute Gasteiger partial charge is 0.411 e. The summed E-state index contributed by atoms with van der Waals surface area (Å²) in [6.07, 6.45) is 0.515. The second kappa shape index (κ2) is 5.69. The number of hydrogen-bond acceptors (Lipinski definition) is 3. The molecule has 1 aromatic carbocycles. The second-order valence-corrected chi connectivity index (χ2v) is 5.53. The van der Waals surface area contributed by atoms with Gasteiger partial charge in [-0.05, 0) is 18.2 Å². The Bertz CT molecular complexity index is 533. The minimum Gasteiger partial charge on any atom is -0.411 e. The molecule has 19 heavy (non-hydrogen) atoms. The van der Waals surface area contributed by atoms with Crippen LogP contribution < -0.4 is 0 Å². The van der Waals surface area contributed by atoms with Gasteiger partial charge in [0.05, 0.1) is 11.3 Å². The van der Waals surface area contributed by atoms with E-state index in [0.717, 1.165) is 0 Å². The summed E-state index contributed by atoms with van der Waals surface area (Å²) in [6.45, 7) is 2.76. The molecule has 1 N–H and O–H groups in total. The Morgan fingerprint density at radius 1 is 1.58 bits per heavy atom. The predicted octanol–water partition coefficient (Wildman–Crippen LogP) is 2.90. The van der Waals surface area contributed by atoms with Gasteiger partial charge in [0.1, 0.15) is 5.82 Å². The van der Waals surface area contributed by atoms with E-state index in [4.69, 9.17) is 5.21 Å². The van der Waals surface area contributed by atoms with Crippen molar-refractivity contribution >= 4 is 27.5 Å². The maximum absolute atomic E-state index is 13.8. The van der Waals surface area contributed by atoms with Gasteiger partial charge in [0.25, 0.3) is 5.91 Å². The molecule has 0 bridgehead atoms. The summed E-state index contributed by atoms with van der Waals surface area (Å²) >= 11 is 3.16. The van der Waals surface area contributed by atoms with Crippen molar-refractivity contribution in [3.63, 3.8) is 0 Å². The van der Waals surface area contributed by atoms with Gasteiger partial charge in [-0.25, -0.2) is 4.39 Å². The Morgan fingerprint density at radius 2 is 2.32 bits per heavy atom. The van der Waals surface area contributed by atoms with Crippen molar-refractivity contribution < 1.29 is 14.4 Å². The average molecular weight is 329 g/mol. The summed E-state index contributed by atoms with van der Waals surface area (Å²) in [7, 11) is 0. The molecular weight excluding hydrogens is 315 g/mol. The highest BCUT2D eigenvalue weighted by atomic mass is 79.9. The molecule has 1 atom stereocenters. The highest BCUT2D eigenvalue weighted by molar-refractivity contribution is 9.10. The number of amides is 1. The van der Waals surface area contributed by atoms with Crippen LogP contribution >= 0.6 is 15.9 Å². The van der Waals surface area contributed by atoms with E-state index in [1.807, 2.05) is 6.92 Å². The molecule has 1 heterocycles. The molecule has 2 rings (SSSR count). The number of benzene rings is 1. The fraction of sp³-hybridized carbons (Fsp3) is 0.385. The van der Waals surface area contributed by atoms with E-state index in [1.54, 1.807) is 11.0 Å². The van der Waals surface area contributed by atoms with Gasteiger partial charge in [-0.1, -0.05) is 28.0 Å². The van der Waals surface area contributed by atoms with Crippen LogP contribution in [0.5, 0.6) is 0 Å². The Labute approximate surface area is 119 Å². The predicted molar refractivity (Wildman–Crippen MR) is 73.0 cm³/mol. The van der Waals surface area contributed by atoms with Crippen molar-refractivity contribution in [3.8, 4) is 0 Å². The molecule has 102 valence electrons. The first-order chi connectivity index (χ1) is 9.02. The van der Waals surface area contributed by atoms with Crippen LogP contribution in [0.3, 0.4) is 0 Å². The van der Waals surface area contributed by atoms with Gasteiger partial charge in [-0.15, -0.1) is 0 Å². The minimum absolute atomic E-state index is 0.0128. The van der Waals surface area contributed by atoms with E-state index in [2.05, 4.69) is 21.1 Å². The lowest BCUT2D eigenvalue weighted by molar-refractivity contribution is 0.0729. The van der Waals surface area contributed by atoms with Crippen LogP contribution in [0.1, 0.15) is 23.7 Å². The molecule has 6 heteroatoms. The number of hydrogen-bond donors (Lipinski definition) is 1. The van der Waals surface area contributed by atoms with Crippen LogP contribution in [0, 0.1) is 11.7 Å². The summed E-state index contributed by atoms with van der Waals surface area (Å²) in [6, 6.07) is 4.40. The lowest BCUT2D eigenvalue weighted by atomic mass is 9.97. The SMILES string of the molecule is CC1CN(C(=O)c2ccc(Br)cc2F)CC/C1=N\O. The van der Waals surface area contributed by atoms with Crippen molar-refractivity contribution in [2.75, 3.05) is 13.1 Å². The number of likely N-dealkylation sites (tertiary alicyclic amines) is 1. The highest BCUT2D eigenvalue weighted by Gasteiger charge is 2.27. The summed E-state index contributed by atoms with van der Waals surface area (Å²) in [5.74, 6) is -0.872. The maximum Gasteiger partial charge on any atom is 0.256 e. The summed E-state index contributed by atoms with van der Waals surface area (Å²) < 4.78 is 14.4. The zero-order chi connectivity index (χ0) is 14.0. The average Bonchev–Trinajstić information content (AvgIpc) is 2.38. The molecule has 0 spiro atoms. The molecule has 1 amide bonds. The second-order valence-electron chi connectivity index (χ2n) is 4.62. The Kier molecular flexibility index (Phi) is 4.19. The molecular formula is C13H14BrFN2O2. The molecule has 0 aliphatic carbocycles. The normalized spacial score (nSPS) is 21.7. The zero-order valence-electron chi connectivity index (χ0n) is 10.4. The first-order valence-corrected chi connectivity index (χ1v) is 6.77. The van der Waals surface area contributed by atoms with Gasteiger partial charge in [0.2, 0.25) is 0 Å². The number of rotatable bonds is 1. The van der Waals surface area contributed by atoms with Crippen LogP contribution in [0.2, 0.25) is 0 Å². The summed E-state index contributed by atoms with van der Waals surface area (Å²) in [4.78, 5) is 13.8. The van der Waals surface area contributed by atoms with E-state index >= 15 is 0 Å². The van der Waals surface area contributed by atoms with E-state index in [9.17, 15) is 9.18 Å². The topological polar surface area (TPSA) is 52.9 Å². The standard InChI is InChI=1S/C13H14BrFN2O2/c1-8-7-17(5-4-12(8)16-19)13(18)10-3-2-9(14)6-11(10)15/h2-3,6,8,19H,4-5,7H2,1H3/b16-12+. The van der Waals surface area contributed by atoms with Gasteiger partial charge in [0, 0.05) is 29.9 Å². The van der Waals surface area contributed by atoms with Crippen LogP contribution in [0.15, 0.2) is 27.8 Å². The number of carbonyl (C=O) groups excluding carboxylic acids is 1. The quantitative estimate of drug-likeness (QED) is 0.636. The van der Waals surface area contributed by atoms with Crippen molar-refractivity contribution in [1.29, 1.82) is 0 Å². The summed E-state index contributed by atoms with van der Waals surface area (Å²) in [5, 5.41) is 12.0. The lowest BCUT2D eigenvalue weighted by Crippen LogP contribution is -2.43. The monoisotopic (exact) mass is 328 g/mol. The molecule has 1 unspecified atom stereocenters. The van der Waals surface area contributed by atoms with E-state index in [-0.39, 0.29) is 17.4 Å². The van der Waals surface area contributed by atoms with E-state index in [0.29, 0.717) is 29.7 Å². The molecule has 1 aliphatic heterocycles. The molecule has 0 radical (unpaired) electrons. The van der Waals surface area contributed by atoms with Crippen LogP contribution in [-0.4, -0.2) is 34.8 Å². The number of halogens is 2. The third-order valence-electron chi connectivity index (χ3n) is 3.28. The fourth-order valence-corrected chi connectivity index (χ4v) is 2.52. The Hall–Kier alpha value is -1.43. The van der Waals surface area contributed by atoms with Gasteiger partial charge < -0.3 is 10.1 Å². The first kappa shape index (κ1) is 14.0. The molecule has 1 aliphatic rings.